The number of anilines is 3. The molecule has 28 heavy (non-hydrogen) atoms. The molecule has 2 aromatic heterocycles. The average Bonchev–Trinajstić information content (AvgIpc) is 3.30. The van der Waals surface area contributed by atoms with Crippen molar-refractivity contribution in [1.29, 1.82) is 0 Å². The third-order valence-corrected chi connectivity index (χ3v) is 4.33. The summed E-state index contributed by atoms with van der Waals surface area (Å²) in [6.07, 6.45) is -1.61. The van der Waals surface area contributed by atoms with Crippen LogP contribution in [-0.4, -0.2) is 26.4 Å². The molecule has 0 spiro atoms. The molecule has 1 aliphatic rings. The molecule has 1 aliphatic heterocycles. The van der Waals surface area contributed by atoms with Gasteiger partial charge in [-0.2, -0.15) is 23.3 Å². The normalized spacial score (nSPS) is 17.1. The highest BCUT2D eigenvalue weighted by molar-refractivity contribution is 5.55. The van der Waals surface area contributed by atoms with E-state index in [1.807, 2.05) is 30.3 Å². The van der Waals surface area contributed by atoms with Crippen molar-refractivity contribution in [3.8, 4) is 0 Å². The Bertz CT molecular complexity index is 959. The zero-order valence-corrected chi connectivity index (χ0v) is 14.9. The lowest BCUT2D eigenvalue weighted by Gasteiger charge is -2.26. The largest absolute Gasteiger partial charge is 0.421 e. The smallest absolute Gasteiger partial charge is 0.307 e. The van der Waals surface area contributed by atoms with Crippen LogP contribution in [0.5, 0.6) is 0 Å². The summed E-state index contributed by atoms with van der Waals surface area (Å²) in [7, 11) is 1.73. The van der Waals surface area contributed by atoms with Crippen LogP contribution in [0.2, 0.25) is 0 Å². The van der Waals surface area contributed by atoms with E-state index in [9.17, 15) is 13.2 Å². The Morgan fingerprint density at radius 3 is 2.64 bits per heavy atom. The zero-order valence-electron chi connectivity index (χ0n) is 14.9. The molecule has 0 amide bonds. The van der Waals surface area contributed by atoms with Crippen molar-refractivity contribution in [3.63, 3.8) is 0 Å². The number of nitrogens with zero attached hydrogens (tertiary/aromatic N) is 5. The second-order valence-electron chi connectivity index (χ2n) is 6.30. The van der Waals surface area contributed by atoms with Crippen molar-refractivity contribution >= 4 is 17.6 Å². The second-order valence-corrected chi connectivity index (χ2v) is 6.30. The maximum absolute atomic E-state index is 13.6. The molecule has 1 saturated heterocycles. The van der Waals surface area contributed by atoms with Crippen molar-refractivity contribution in [2.75, 3.05) is 17.0 Å². The van der Waals surface area contributed by atoms with E-state index in [0.29, 0.717) is 18.8 Å². The minimum absolute atomic E-state index is 0.00371. The first-order valence-electron chi connectivity index (χ1n) is 8.60. The van der Waals surface area contributed by atoms with Crippen molar-refractivity contribution in [3.05, 3.63) is 59.9 Å². The summed E-state index contributed by atoms with van der Waals surface area (Å²) in [4.78, 5) is 13.5. The molecule has 4 rings (SSSR count). The van der Waals surface area contributed by atoms with Crippen LogP contribution < -0.4 is 10.4 Å². The molecule has 1 N–H and O–H groups in total. The van der Waals surface area contributed by atoms with E-state index in [-0.39, 0.29) is 17.8 Å². The Balaban J connectivity index is 1.73. The van der Waals surface area contributed by atoms with Crippen LogP contribution in [0.4, 0.5) is 30.8 Å². The van der Waals surface area contributed by atoms with Gasteiger partial charge in [0.2, 0.25) is 5.95 Å². The van der Waals surface area contributed by atoms with Gasteiger partial charge in [0.25, 0.3) is 0 Å². The lowest BCUT2D eigenvalue weighted by atomic mass is 10.0. The fourth-order valence-corrected chi connectivity index (χ4v) is 3.05. The summed E-state index contributed by atoms with van der Waals surface area (Å²) in [5.74, 6) is 0.103. The third kappa shape index (κ3) is 3.63. The van der Waals surface area contributed by atoms with E-state index in [0.717, 1.165) is 11.8 Å². The van der Waals surface area contributed by atoms with Gasteiger partial charge in [-0.05, 0) is 5.56 Å². The molecule has 3 aromatic rings. The highest BCUT2D eigenvalue weighted by Crippen LogP contribution is 2.41. The van der Waals surface area contributed by atoms with Crippen LogP contribution >= 0.6 is 0 Å². The number of alkyl halides is 3. The fourth-order valence-electron chi connectivity index (χ4n) is 3.05. The van der Waals surface area contributed by atoms with Crippen LogP contribution in [0.3, 0.4) is 0 Å². The van der Waals surface area contributed by atoms with E-state index in [1.165, 1.54) is 5.06 Å². The molecule has 0 radical (unpaired) electrons. The molecular formula is C18H17F3N6O. The van der Waals surface area contributed by atoms with Gasteiger partial charge in [0.05, 0.1) is 12.6 Å². The number of hydrogen-bond donors (Lipinski definition) is 1. The first-order chi connectivity index (χ1) is 13.4. The van der Waals surface area contributed by atoms with Gasteiger partial charge in [-0.1, -0.05) is 30.3 Å². The topological polar surface area (TPSA) is 68.1 Å². The van der Waals surface area contributed by atoms with Crippen molar-refractivity contribution in [2.24, 2.45) is 7.05 Å². The molecular weight excluding hydrogens is 373 g/mol. The van der Waals surface area contributed by atoms with Crippen LogP contribution in [0, 0.1) is 0 Å². The summed E-state index contributed by atoms with van der Waals surface area (Å²) in [6.45, 7) is 0.295. The lowest BCUT2D eigenvalue weighted by molar-refractivity contribution is -0.138. The van der Waals surface area contributed by atoms with E-state index < -0.39 is 11.7 Å². The molecule has 1 aromatic carbocycles. The SMILES string of the molecule is Cn1ccc(Nc2ncc(C(F)(F)F)c(N3OCC[C@H]3c3ccccc3)n2)n1. The molecule has 0 bridgehead atoms. The molecule has 1 fully saturated rings. The monoisotopic (exact) mass is 390 g/mol. The van der Waals surface area contributed by atoms with Gasteiger partial charge >= 0.3 is 6.18 Å². The van der Waals surface area contributed by atoms with Gasteiger partial charge < -0.3 is 5.32 Å². The fraction of sp³-hybridized carbons (Fsp3) is 0.278. The minimum Gasteiger partial charge on any atom is -0.307 e. The predicted molar refractivity (Wildman–Crippen MR) is 95.8 cm³/mol. The Kier molecular flexibility index (Phi) is 4.63. The summed E-state index contributed by atoms with van der Waals surface area (Å²) in [5.41, 5.74) is -0.104. The Morgan fingerprint density at radius 1 is 1.18 bits per heavy atom. The first kappa shape index (κ1) is 18.2. The van der Waals surface area contributed by atoms with E-state index in [1.54, 1.807) is 24.0 Å². The van der Waals surface area contributed by atoms with Gasteiger partial charge in [-0.3, -0.25) is 9.52 Å². The van der Waals surface area contributed by atoms with E-state index >= 15 is 0 Å². The molecule has 0 saturated carbocycles. The maximum Gasteiger partial charge on any atom is 0.421 e. The summed E-state index contributed by atoms with van der Waals surface area (Å²) < 4.78 is 42.3. The Hall–Kier alpha value is -3.14. The average molecular weight is 390 g/mol. The van der Waals surface area contributed by atoms with Gasteiger partial charge in [0.1, 0.15) is 5.56 Å². The van der Waals surface area contributed by atoms with Crippen molar-refractivity contribution in [2.45, 2.75) is 18.6 Å². The maximum atomic E-state index is 13.6. The van der Waals surface area contributed by atoms with E-state index in [4.69, 9.17) is 4.84 Å². The highest BCUT2D eigenvalue weighted by atomic mass is 19.4. The number of hydroxylamine groups is 1. The summed E-state index contributed by atoms with van der Waals surface area (Å²) >= 11 is 0. The number of hydrogen-bond acceptors (Lipinski definition) is 6. The molecule has 0 unspecified atom stereocenters. The van der Waals surface area contributed by atoms with Gasteiger partial charge in [-0.25, -0.2) is 10.0 Å². The second kappa shape index (κ2) is 7.12. The first-order valence-corrected chi connectivity index (χ1v) is 8.60. The van der Waals surface area contributed by atoms with Gasteiger partial charge in [-0.15, -0.1) is 0 Å². The standard InChI is InChI=1S/C18H17F3N6O/c1-26-9-7-15(25-26)23-17-22-11-13(18(19,20)21)16(24-17)27-14(8-10-28-27)12-5-3-2-4-6-12/h2-7,9,11,14H,8,10H2,1H3,(H,22,23,24,25)/t14-/m0/s1. The minimum atomic E-state index is -4.62. The number of nitrogens with one attached hydrogen (secondary N) is 1. The molecule has 3 heterocycles. The number of halogens is 3. The highest BCUT2D eigenvalue weighted by Gasteiger charge is 2.40. The Labute approximate surface area is 158 Å². The number of aromatic nitrogens is 4. The molecule has 0 aliphatic carbocycles. The number of aryl methyl sites for hydroxylation is 1. The quantitative estimate of drug-likeness (QED) is 0.730. The lowest BCUT2D eigenvalue weighted by Crippen LogP contribution is -2.26. The number of benzene rings is 1. The van der Waals surface area contributed by atoms with Crippen molar-refractivity contribution < 1.29 is 18.0 Å². The number of rotatable bonds is 4. The third-order valence-electron chi connectivity index (χ3n) is 4.33. The molecule has 10 heteroatoms. The van der Waals surface area contributed by atoms with Gasteiger partial charge in [0.15, 0.2) is 11.6 Å². The molecule has 146 valence electrons. The van der Waals surface area contributed by atoms with Crippen LogP contribution in [0.25, 0.3) is 0 Å². The predicted octanol–water partition coefficient (Wildman–Crippen LogP) is 3.86. The Morgan fingerprint density at radius 2 is 1.96 bits per heavy atom. The van der Waals surface area contributed by atoms with Gasteiger partial charge in [0, 0.05) is 31.9 Å². The van der Waals surface area contributed by atoms with Crippen LogP contribution in [-0.2, 0) is 18.1 Å². The van der Waals surface area contributed by atoms with E-state index in [2.05, 4.69) is 20.4 Å². The molecule has 1 atom stereocenters. The van der Waals surface area contributed by atoms with Crippen LogP contribution in [0.15, 0.2) is 48.8 Å². The zero-order chi connectivity index (χ0) is 19.7. The molecule has 7 nitrogen and oxygen atoms in total. The van der Waals surface area contributed by atoms with Crippen molar-refractivity contribution in [1.82, 2.24) is 19.7 Å². The van der Waals surface area contributed by atoms with Crippen LogP contribution in [0.1, 0.15) is 23.6 Å². The summed E-state index contributed by atoms with van der Waals surface area (Å²) in [6, 6.07) is 10.5. The summed E-state index contributed by atoms with van der Waals surface area (Å²) in [5, 5.41) is 8.17.